The van der Waals surface area contributed by atoms with Gasteiger partial charge in [-0.2, -0.15) is 0 Å². The van der Waals surface area contributed by atoms with Gasteiger partial charge >= 0.3 is 5.97 Å². The van der Waals surface area contributed by atoms with E-state index in [1.165, 1.54) is 13.0 Å². The van der Waals surface area contributed by atoms with E-state index in [0.29, 0.717) is 12.0 Å². The van der Waals surface area contributed by atoms with Gasteiger partial charge in [0.1, 0.15) is 0 Å². The number of carboxylic acid groups (broad SMARTS) is 1. The van der Waals surface area contributed by atoms with Crippen LogP contribution in [0.3, 0.4) is 0 Å². The topological polar surface area (TPSA) is 74.6 Å². The summed E-state index contributed by atoms with van der Waals surface area (Å²) in [4.78, 5) is 22.9. The number of carboxylic acids is 1. The molecule has 0 saturated carbocycles. The molecule has 0 heterocycles. The summed E-state index contributed by atoms with van der Waals surface area (Å²) in [5.74, 6) is -1.76. The summed E-state index contributed by atoms with van der Waals surface area (Å²) in [6.07, 6.45) is -1.16. The van der Waals surface area contributed by atoms with E-state index in [9.17, 15) is 14.7 Å². The van der Waals surface area contributed by atoms with Crippen molar-refractivity contribution in [1.29, 1.82) is 0 Å². The molecule has 0 aliphatic heterocycles. The van der Waals surface area contributed by atoms with Crippen molar-refractivity contribution in [2.75, 3.05) is 0 Å². The second-order valence-electron chi connectivity index (χ2n) is 3.96. The van der Waals surface area contributed by atoms with E-state index in [0.717, 1.165) is 0 Å². The number of aliphatic hydroxyl groups excluding tert-OH is 1. The van der Waals surface area contributed by atoms with Crippen molar-refractivity contribution < 1.29 is 19.8 Å². The molecule has 98 valence electrons. The number of benzene rings is 1. The summed E-state index contributed by atoms with van der Waals surface area (Å²) in [5, 5.41) is 17.7. The Morgan fingerprint density at radius 2 is 2.00 bits per heavy atom. The van der Waals surface area contributed by atoms with Gasteiger partial charge in [-0.15, -0.1) is 11.6 Å². The molecular weight excluding hydrogens is 256 g/mol. The first-order valence-corrected chi connectivity index (χ1v) is 6.04. The average Bonchev–Trinajstić information content (AvgIpc) is 2.35. The SMILES string of the molecule is CCc1cccc(C(O)C(=O)O)c1C(=O)C(C)Cl. The van der Waals surface area contributed by atoms with Gasteiger partial charge in [0.15, 0.2) is 11.9 Å². The number of hydrogen-bond donors (Lipinski definition) is 2. The van der Waals surface area contributed by atoms with E-state index in [1.807, 2.05) is 6.92 Å². The molecule has 0 amide bonds. The van der Waals surface area contributed by atoms with E-state index < -0.39 is 17.5 Å². The standard InChI is InChI=1S/C13H15ClO4/c1-3-8-5-4-6-9(12(16)13(17)18)10(8)11(15)7(2)14/h4-7,12,16H,3H2,1-2H3,(H,17,18). The van der Waals surface area contributed by atoms with Crippen LogP contribution in [0.1, 0.15) is 41.4 Å². The number of aryl methyl sites for hydroxylation is 1. The number of Topliss-reactive ketones (excluding diaryl/α,β-unsaturated/α-hetero) is 1. The molecule has 0 aromatic heterocycles. The lowest BCUT2D eigenvalue weighted by atomic mass is 9.92. The highest BCUT2D eigenvalue weighted by atomic mass is 35.5. The van der Waals surface area contributed by atoms with Crippen LogP contribution >= 0.6 is 11.6 Å². The number of halogens is 1. The number of aliphatic hydroxyl groups is 1. The zero-order valence-electron chi connectivity index (χ0n) is 10.2. The van der Waals surface area contributed by atoms with Gasteiger partial charge in [0.05, 0.1) is 5.38 Å². The van der Waals surface area contributed by atoms with Crippen LogP contribution in [-0.4, -0.2) is 27.3 Å². The van der Waals surface area contributed by atoms with Crippen LogP contribution in [0.4, 0.5) is 0 Å². The first-order valence-electron chi connectivity index (χ1n) is 5.61. The number of carbonyl (C=O) groups is 2. The highest BCUT2D eigenvalue weighted by molar-refractivity contribution is 6.34. The van der Waals surface area contributed by atoms with Crippen LogP contribution in [0.15, 0.2) is 18.2 Å². The van der Waals surface area contributed by atoms with Gasteiger partial charge in [0.2, 0.25) is 0 Å². The number of carbonyl (C=O) groups excluding carboxylic acids is 1. The molecule has 1 rings (SSSR count). The van der Waals surface area contributed by atoms with Crippen LogP contribution in [0.5, 0.6) is 0 Å². The largest absolute Gasteiger partial charge is 0.479 e. The first kappa shape index (κ1) is 14.7. The molecule has 0 saturated heterocycles. The van der Waals surface area contributed by atoms with Gasteiger partial charge < -0.3 is 10.2 Å². The maximum Gasteiger partial charge on any atom is 0.337 e. The van der Waals surface area contributed by atoms with Crippen LogP contribution in [0.2, 0.25) is 0 Å². The molecule has 4 nitrogen and oxygen atoms in total. The molecule has 0 aliphatic rings. The lowest BCUT2D eigenvalue weighted by molar-refractivity contribution is -0.146. The fraction of sp³-hybridized carbons (Fsp3) is 0.385. The Hall–Kier alpha value is -1.39. The number of alkyl halides is 1. The van der Waals surface area contributed by atoms with E-state index in [1.54, 1.807) is 12.1 Å². The quantitative estimate of drug-likeness (QED) is 0.635. The van der Waals surface area contributed by atoms with Gasteiger partial charge in [0, 0.05) is 11.1 Å². The second kappa shape index (κ2) is 5.98. The molecule has 0 radical (unpaired) electrons. The van der Waals surface area contributed by atoms with Crippen molar-refractivity contribution in [3.05, 3.63) is 34.9 Å². The van der Waals surface area contributed by atoms with Crippen molar-refractivity contribution in [2.45, 2.75) is 31.7 Å². The fourth-order valence-electron chi connectivity index (χ4n) is 1.77. The van der Waals surface area contributed by atoms with Gasteiger partial charge in [0.25, 0.3) is 0 Å². The number of aliphatic carboxylic acids is 1. The molecule has 2 N–H and O–H groups in total. The van der Waals surface area contributed by atoms with E-state index >= 15 is 0 Å². The Bertz CT molecular complexity index is 468. The molecule has 0 bridgehead atoms. The molecular formula is C13H15ClO4. The zero-order valence-corrected chi connectivity index (χ0v) is 10.9. The Morgan fingerprint density at radius 3 is 2.44 bits per heavy atom. The summed E-state index contributed by atoms with van der Waals surface area (Å²) in [5.41, 5.74) is 1.00. The monoisotopic (exact) mass is 270 g/mol. The summed E-state index contributed by atoms with van der Waals surface area (Å²) in [7, 11) is 0. The molecule has 0 spiro atoms. The van der Waals surface area contributed by atoms with Gasteiger partial charge in [-0.25, -0.2) is 4.79 Å². The molecule has 2 unspecified atom stereocenters. The molecule has 5 heteroatoms. The van der Waals surface area contributed by atoms with Crippen molar-refractivity contribution in [3.63, 3.8) is 0 Å². The van der Waals surface area contributed by atoms with Crippen LogP contribution in [-0.2, 0) is 11.2 Å². The lowest BCUT2D eigenvalue weighted by Gasteiger charge is -2.16. The van der Waals surface area contributed by atoms with E-state index in [4.69, 9.17) is 16.7 Å². The smallest absolute Gasteiger partial charge is 0.337 e. The minimum Gasteiger partial charge on any atom is -0.479 e. The summed E-state index contributed by atoms with van der Waals surface area (Å²) in [6, 6.07) is 4.78. The summed E-state index contributed by atoms with van der Waals surface area (Å²) in [6.45, 7) is 3.37. The van der Waals surface area contributed by atoms with Gasteiger partial charge in [-0.3, -0.25) is 4.79 Å². The van der Waals surface area contributed by atoms with Crippen LogP contribution in [0, 0.1) is 0 Å². The Labute approximate surface area is 110 Å². The van der Waals surface area contributed by atoms with Gasteiger partial charge in [-0.05, 0) is 18.9 Å². The average molecular weight is 271 g/mol. The van der Waals surface area contributed by atoms with E-state index in [2.05, 4.69) is 0 Å². The molecule has 2 atom stereocenters. The predicted octanol–water partition coefficient (Wildman–Crippen LogP) is 2.18. The second-order valence-corrected chi connectivity index (χ2v) is 4.61. The van der Waals surface area contributed by atoms with Crippen molar-refractivity contribution in [3.8, 4) is 0 Å². The lowest BCUT2D eigenvalue weighted by Crippen LogP contribution is -2.20. The first-order chi connectivity index (χ1) is 8.40. The Morgan fingerprint density at radius 1 is 1.39 bits per heavy atom. The molecule has 0 fully saturated rings. The molecule has 1 aromatic carbocycles. The third-order valence-electron chi connectivity index (χ3n) is 2.70. The summed E-state index contributed by atoms with van der Waals surface area (Å²) >= 11 is 5.77. The number of hydrogen-bond acceptors (Lipinski definition) is 3. The van der Waals surface area contributed by atoms with Crippen LogP contribution in [0.25, 0.3) is 0 Å². The molecule has 0 aliphatic carbocycles. The van der Waals surface area contributed by atoms with Gasteiger partial charge in [-0.1, -0.05) is 25.1 Å². The molecule has 1 aromatic rings. The number of rotatable bonds is 5. The highest BCUT2D eigenvalue weighted by Crippen LogP contribution is 2.25. The zero-order chi connectivity index (χ0) is 13.9. The van der Waals surface area contributed by atoms with Crippen molar-refractivity contribution in [2.24, 2.45) is 0 Å². The third kappa shape index (κ3) is 2.89. The normalized spacial score (nSPS) is 14.0. The minimum absolute atomic E-state index is 0.0966. The molecule has 18 heavy (non-hydrogen) atoms. The maximum atomic E-state index is 12.0. The number of ketones is 1. The van der Waals surface area contributed by atoms with Crippen LogP contribution < -0.4 is 0 Å². The third-order valence-corrected chi connectivity index (χ3v) is 2.90. The van der Waals surface area contributed by atoms with Crippen molar-refractivity contribution >= 4 is 23.4 Å². The maximum absolute atomic E-state index is 12.0. The summed E-state index contributed by atoms with van der Waals surface area (Å²) < 4.78 is 0. The minimum atomic E-state index is -1.72. The highest BCUT2D eigenvalue weighted by Gasteiger charge is 2.26. The Balaban J connectivity index is 3.42. The van der Waals surface area contributed by atoms with Crippen molar-refractivity contribution in [1.82, 2.24) is 0 Å². The Kier molecular flexibility index (Phi) is 4.87. The fourth-order valence-corrected chi connectivity index (χ4v) is 1.88. The van der Waals surface area contributed by atoms with E-state index in [-0.39, 0.29) is 16.9 Å². The predicted molar refractivity (Wildman–Crippen MR) is 68.1 cm³/mol.